The first-order valence-corrected chi connectivity index (χ1v) is 6.85. The third-order valence-electron chi connectivity index (χ3n) is 3.19. The molecule has 0 fully saturated rings. The average molecular weight is 276 g/mol. The first-order valence-electron chi connectivity index (χ1n) is 6.85. The molecule has 1 N–H and O–H groups in total. The zero-order chi connectivity index (χ0) is 14.5. The molecule has 0 unspecified atom stereocenters. The average Bonchev–Trinajstić information content (AvgIpc) is 2.81. The topological polar surface area (TPSA) is 28.4 Å². The molecule has 0 amide bonds. The predicted octanol–water partition coefficient (Wildman–Crippen LogP) is 3.47. The van der Waals surface area contributed by atoms with Crippen LogP contribution in [0.25, 0.3) is 0 Å². The molecule has 3 nitrogen and oxygen atoms in total. The number of aryl methyl sites for hydroxylation is 1. The summed E-state index contributed by atoms with van der Waals surface area (Å²) in [4.78, 5) is 1.85. The van der Waals surface area contributed by atoms with Gasteiger partial charge < -0.3 is 14.6 Å². The number of nitrogens with one attached hydrogen (secondary N) is 1. The Hall–Kier alpha value is -1.81. The molecule has 0 radical (unpaired) electrons. The highest BCUT2D eigenvalue weighted by Gasteiger charge is 2.10. The van der Waals surface area contributed by atoms with Crippen molar-refractivity contribution in [1.29, 1.82) is 0 Å². The summed E-state index contributed by atoms with van der Waals surface area (Å²) in [6.07, 6.45) is 0. The lowest BCUT2D eigenvalue weighted by atomic mass is 10.2. The molecule has 20 heavy (non-hydrogen) atoms. The Morgan fingerprint density at radius 1 is 1.25 bits per heavy atom. The van der Waals surface area contributed by atoms with Crippen LogP contribution in [-0.2, 0) is 13.1 Å². The van der Waals surface area contributed by atoms with Crippen LogP contribution >= 0.6 is 0 Å². The summed E-state index contributed by atoms with van der Waals surface area (Å²) in [5.74, 6) is 1.50. The number of furan rings is 1. The van der Waals surface area contributed by atoms with Crippen molar-refractivity contribution in [2.45, 2.75) is 26.9 Å². The smallest absolute Gasteiger partial charge is 0.146 e. The summed E-state index contributed by atoms with van der Waals surface area (Å²) in [5, 5.41) is 3.19. The second kappa shape index (κ2) is 6.57. The second-order valence-corrected chi connectivity index (χ2v) is 4.93. The third kappa shape index (κ3) is 3.61. The first kappa shape index (κ1) is 14.6. The monoisotopic (exact) mass is 276 g/mol. The van der Waals surface area contributed by atoms with Crippen LogP contribution in [0.4, 0.5) is 10.1 Å². The fourth-order valence-corrected chi connectivity index (χ4v) is 2.13. The van der Waals surface area contributed by atoms with Crippen molar-refractivity contribution in [2.75, 3.05) is 18.5 Å². The van der Waals surface area contributed by atoms with E-state index in [4.69, 9.17) is 4.42 Å². The summed E-state index contributed by atoms with van der Waals surface area (Å²) < 4.78 is 19.7. The zero-order valence-electron chi connectivity index (χ0n) is 12.2. The normalized spacial score (nSPS) is 10.8. The molecule has 2 aromatic rings. The van der Waals surface area contributed by atoms with Crippen molar-refractivity contribution in [1.82, 2.24) is 5.32 Å². The number of hydrogen-bond acceptors (Lipinski definition) is 3. The minimum Gasteiger partial charge on any atom is -0.464 e. The van der Waals surface area contributed by atoms with Crippen LogP contribution in [0.15, 0.2) is 34.7 Å². The molecule has 0 atom stereocenters. The number of halogens is 1. The van der Waals surface area contributed by atoms with Gasteiger partial charge in [-0.3, -0.25) is 0 Å². The lowest BCUT2D eigenvalue weighted by Gasteiger charge is -2.19. The van der Waals surface area contributed by atoms with E-state index in [2.05, 4.69) is 5.32 Å². The SMILES string of the molecule is CCNCc1ccc(N(C)Cc2ccc(C)o2)c(F)c1. The van der Waals surface area contributed by atoms with Gasteiger partial charge in [0, 0.05) is 13.6 Å². The van der Waals surface area contributed by atoms with Crippen molar-refractivity contribution >= 4 is 5.69 Å². The van der Waals surface area contributed by atoms with Gasteiger partial charge in [-0.05, 0) is 43.3 Å². The molecule has 1 aromatic heterocycles. The molecule has 108 valence electrons. The van der Waals surface area contributed by atoms with Gasteiger partial charge in [0.25, 0.3) is 0 Å². The largest absolute Gasteiger partial charge is 0.464 e. The molecule has 0 bridgehead atoms. The van der Waals surface area contributed by atoms with Crippen LogP contribution in [0.2, 0.25) is 0 Å². The van der Waals surface area contributed by atoms with E-state index in [0.717, 1.165) is 23.6 Å². The molecule has 2 rings (SSSR count). The van der Waals surface area contributed by atoms with E-state index in [-0.39, 0.29) is 5.82 Å². The van der Waals surface area contributed by atoms with Gasteiger partial charge in [0.05, 0.1) is 12.2 Å². The van der Waals surface area contributed by atoms with Crippen LogP contribution in [0.5, 0.6) is 0 Å². The van der Waals surface area contributed by atoms with Crippen molar-refractivity contribution in [3.63, 3.8) is 0 Å². The predicted molar refractivity (Wildman–Crippen MR) is 79.3 cm³/mol. The van der Waals surface area contributed by atoms with Gasteiger partial charge in [-0.15, -0.1) is 0 Å². The Bertz CT molecular complexity index is 565. The minimum atomic E-state index is -0.203. The molecule has 0 aliphatic carbocycles. The number of hydrogen-bond donors (Lipinski definition) is 1. The first-order chi connectivity index (χ1) is 9.60. The Balaban J connectivity index is 2.07. The molecular weight excluding hydrogens is 255 g/mol. The van der Waals surface area contributed by atoms with Gasteiger partial charge in [0.15, 0.2) is 0 Å². The summed E-state index contributed by atoms with van der Waals surface area (Å²) >= 11 is 0. The van der Waals surface area contributed by atoms with Crippen molar-refractivity contribution < 1.29 is 8.81 Å². The molecule has 1 aromatic carbocycles. The van der Waals surface area contributed by atoms with Crippen molar-refractivity contribution in [3.05, 3.63) is 53.2 Å². The van der Waals surface area contributed by atoms with Crippen LogP contribution in [0.1, 0.15) is 24.0 Å². The van der Waals surface area contributed by atoms with E-state index >= 15 is 0 Å². The van der Waals surface area contributed by atoms with Crippen molar-refractivity contribution in [3.8, 4) is 0 Å². The highest BCUT2D eigenvalue weighted by atomic mass is 19.1. The van der Waals surface area contributed by atoms with E-state index in [0.29, 0.717) is 18.8 Å². The molecule has 0 aliphatic rings. The van der Waals surface area contributed by atoms with E-state index in [1.54, 1.807) is 6.07 Å². The fourth-order valence-electron chi connectivity index (χ4n) is 2.13. The minimum absolute atomic E-state index is 0.203. The van der Waals surface area contributed by atoms with E-state index in [9.17, 15) is 4.39 Å². The molecule has 0 saturated carbocycles. The quantitative estimate of drug-likeness (QED) is 0.875. The molecule has 0 aliphatic heterocycles. The molecular formula is C16H21FN2O. The number of nitrogens with zero attached hydrogens (tertiary/aromatic N) is 1. The molecule has 0 saturated heterocycles. The Labute approximate surface area is 119 Å². The van der Waals surface area contributed by atoms with Crippen LogP contribution in [-0.4, -0.2) is 13.6 Å². The third-order valence-corrected chi connectivity index (χ3v) is 3.19. The standard InChI is InChI=1S/C16H21FN2O/c1-4-18-10-13-6-8-16(15(17)9-13)19(3)11-14-7-5-12(2)20-14/h5-9,18H,4,10-11H2,1-3H3. The van der Waals surface area contributed by atoms with Crippen LogP contribution in [0.3, 0.4) is 0 Å². The maximum absolute atomic E-state index is 14.1. The summed E-state index contributed by atoms with van der Waals surface area (Å²) in [5.41, 5.74) is 1.54. The summed E-state index contributed by atoms with van der Waals surface area (Å²) in [6.45, 7) is 6.05. The van der Waals surface area contributed by atoms with Crippen LogP contribution < -0.4 is 10.2 Å². The number of benzene rings is 1. The lowest BCUT2D eigenvalue weighted by molar-refractivity contribution is 0.480. The number of rotatable bonds is 6. The van der Waals surface area contributed by atoms with Gasteiger partial charge >= 0.3 is 0 Å². The Morgan fingerprint density at radius 2 is 2.05 bits per heavy atom. The summed E-state index contributed by atoms with van der Waals surface area (Å²) in [7, 11) is 1.86. The van der Waals surface area contributed by atoms with E-state index in [1.807, 2.05) is 50.1 Å². The van der Waals surface area contributed by atoms with Gasteiger partial charge in [-0.1, -0.05) is 13.0 Å². The Morgan fingerprint density at radius 3 is 2.65 bits per heavy atom. The fraction of sp³-hybridized carbons (Fsp3) is 0.375. The van der Waals surface area contributed by atoms with Gasteiger partial charge in [-0.2, -0.15) is 0 Å². The lowest BCUT2D eigenvalue weighted by Crippen LogP contribution is -2.18. The van der Waals surface area contributed by atoms with E-state index in [1.165, 1.54) is 0 Å². The number of anilines is 1. The van der Waals surface area contributed by atoms with Crippen LogP contribution in [0, 0.1) is 12.7 Å². The highest BCUT2D eigenvalue weighted by molar-refractivity contribution is 5.48. The highest BCUT2D eigenvalue weighted by Crippen LogP contribution is 2.21. The van der Waals surface area contributed by atoms with Gasteiger partial charge in [0.2, 0.25) is 0 Å². The summed E-state index contributed by atoms with van der Waals surface area (Å²) in [6, 6.07) is 9.19. The molecule has 1 heterocycles. The second-order valence-electron chi connectivity index (χ2n) is 4.93. The zero-order valence-corrected chi connectivity index (χ0v) is 12.2. The van der Waals surface area contributed by atoms with E-state index < -0.39 is 0 Å². The maximum Gasteiger partial charge on any atom is 0.146 e. The van der Waals surface area contributed by atoms with Gasteiger partial charge in [0.1, 0.15) is 17.3 Å². The Kier molecular flexibility index (Phi) is 4.79. The van der Waals surface area contributed by atoms with Crippen molar-refractivity contribution in [2.24, 2.45) is 0 Å². The van der Waals surface area contributed by atoms with Gasteiger partial charge in [-0.25, -0.2) is 4.39 Å². The molecule has 4 heteroatoms. The maximum atomic E-state index is 14.1. The molecule has 0 spiro atoms.